The van der Waals surface area contributed by atoms with Crippen LogP contribution in [0.3, 0.4) is 0 Å². The Kier molecular flexibility index (Phi) is 6.89. The molecule has 0 radical (unpaired) electrons. The second kappa shape index (κ2) is 8.95. The van der Waals surface area contributed by atoms with Gasteiger partial charge >= 0.3 is 6.09 Å². The Bertz CT molecular complexity index is 802. The van der Waals surface area contributed by atoms with E-state index in [1.807, 2.05) is 45.9 Å². The molecule has 1 aliphatic rings. The molecule has 0 unspecified atom stereocenters. The predicted molar refractivity (Wildman–Crippen MR) is 108 cm³/mol. The van der Waals surface area contributed by atoms with Crippen LogP contribution in [0.5, 0.6) is 11.5 Å². The zero-order valence-corrected chi connectivity index (χ0v) is 17.4. The molecule has 2 rings (SSSR count). The van der Waals surface area contributed by atoms with Crippen LogP contribution >= 0.6 is 0 Å². The van der Waals surface area contributed by atoms with Gasteiger partial charge in [0.2, 0.25) is 0 Å². The van der Waals surface area contributed by atoms with Gasteiger partial charge in [-0.3, -0.25) is 4.79 Å². The molecule has 0 spiro atoms. The largest absolute Gasteiger partial charge is 0.496 e. The third-order valence-corrected chi connectivity index (χ3v) is 4.20. The predicted octanol–water partition coefficient (Wildman–Crippen LogP) is 4.23. The van der Waals surface area contributed by atoms with Crippen LogP contribution in [0, 0.1) is 0 Å². The van der Waals surface area contributed by atoms with Gasteiger partial charge in [0, 0.05) is 11.6 Å². The van der Waals surface area contributed by atoms with Crippen LogP contribution in [-0.2, 0) is 11.2 Å². The summed E-state index contributed by atoms with van der Waals surface area (Å²) in [4.78, 5) is 24.8. The Balaban J connectivity index is 2.20. The molecule has 6 heteroatoms. The number of benzene rings is 1. The number of allylic oxidation sites excluding steroid dienone is 4. The molecule has 1 aromatic carbocycles. The number of methoxy groups -OCH3 is 2. The fourth-order valence-electron chi connectivity index (χ4n) is 2.98. The lowest BCUT2D eigenvalue weighted by atomic mass is 9.97. The lowest BCUT2D eigenvalue weighted by molar-refractivity contribution is 0.0508. The highest BCUT2D eigenvalue weighted by molar-refractivity contribution is 6.11. The summed E-state index contributed by atoms with van der Waals surface area (Å²) in [5.74, 6) is 0.984. The van der Waals surface area contributed by atoms with E-state index in [4.69, 9.17) is 14.2 Å². The van der Waals surface area contributed by atoms with Crippen LogP contribution in [0.2, 0.25) is 0 Å². The van der Waals surface area contributed by atoms with E-state index in [0.29, 0.717) is 35.5 Å². The summed E-state index contributed by atoms with van der Waals surface area (Å²) in [6, 6.07) is 3.30. The molecule has 0 saturated carbocycles. The Labute approximate surface area is 166 Å². The molecule has 1 N–H and O–H groups in total. The van der Waals surface area contributed by atoms with E-state index in [1.54, 1.807) is 19.2 Å². The van der Waals surface area contributed by atoms with Crippen molar-refractivity contribution in [3.63, 3.8) is 0 Å². The minimum Gasteiger partial charge on any atom is -0.496 e. The van der Waals surface area contributed by atoms with Gasteiger partial charge in [-0.15, -0.1) is 0 Å². The highest BCUT2D eigenvalue weighted by Crippen LogP contribution is 2.32. The molecule has 0 bridgehead atoms. The van der Waals surface area contributed by atoms with Gasteiger partial charge in [0.1, 0.15) is 17.1 Å². The third-order valence-electron chi connectivity index (χ3n) is 4.20. The standard InChI is InChI=1S/C22H29NO5/c1-14(23-21(25)28-22(2,3)4)11-16-12-19(27-6)17(13-18(16)26-5)20(24)15-9-7-8-10-15/h7-9,12-14H,10-11H2,1-6H3,(H,23,25)/t14-/m1/s1. The quantitative estimate of drug-likeness (QED) is 0.709. The molecule has 152 valence electrons. The lowest BCUT2D eigenvalue weighted by Crippen LogP contribution is -2.38. The first-order valence-corrected chi connectivity index (χ1v) is 9.29. The van der Waals surface area contributed by atoms with Gasteiger partial charge < -0.3 is 19.5 Å². The smallest absolute Gasteiger partial charge is 0.407 e. The van der Waals surface area contributed by atoms with Gasteiger partial charge in [-0.25, -0.2) is 4.79 Å². The number of hydrogen-bond donors (Lipinski definition) is 1. The topological polar surface area (TPSA) is 73.9 Å². The highest BCUT2D eigenvalue weighted by atomic mass is 16.6. The van der Waals surface area contributed by atoms with E-state index in [2.05, 4.69) is 5.32 Å². The molecule has 1 atom stereocenters. The molecule has 6 nitrogen and oxygen atoms in total. The van der Waals surface area contributed by atoms with Gasteiger partial charge in [0.15, 0.2) is 5.78 Å². The van der Waals surface area contributed by atoms with E-state index in [0.717, 1.165) is 5.56 Å². The van der Waals surface area contributed by atoms with Crippen LogP contribution in [0.1, 0.15) is 50.0 Å². The van der Waals surface area contributed by atoms with Crippen LogP contribution in [0.15, 0.2) is 35.9 Å². The van der Waals surface area contributed by atoms with E-state index < -0.39 is 11.7 Å². The number of amides is 1. The first-order valence-electron chi connectivity index (χ1n) is 9.29. The van der Waals surface area contributed by atoms with E-state index in [9.17, 15) is 9.59 Å². The van der Waals surface area contributed by atoms with Crippen molar-refractivity contribution in [2.24, 2.45) is 0 Å². The Hall–Kier alpha value is -2.76. The van der Waals surface area contributed by atoms with Crippen molar-refractivity contribution >= 4 is 11.9 Å². The van der Waals surface area contributed by atoms with E-state index in [-0.39, 0.29) is 11.8 Å². The zero-order chi connectivity index (χ0) is 20.9. The van der Waals surface area contributed by atoms with Crippen molar-refractivity contribution in [2.45, 2.75) is 52.2 Å². The second-order valence-electron chi connectivity index (χ2n) is 7.77. The van der Waals surface area contributed by atoms with E-state index in [1.165, 1.54) is 7.11 Å². The molecule has 28 heavy (non-hydrogen) atoms. The Morgan fingerprint density at radius 3 is 2.36 bits per heavy atom. The molecule has 0 fully saturated rings. The number of ketones is 1. The SMILES string of the molecule is COc1cc(C(=O)C2=CC=CC2)c(OC)cc1C[C@@H](C)NC(=O)OC(C)(C)C. The van der Waals surface area contributed by atoms with Crippen LogP contribution in [-0.4, -0.2) is 37.7 Å². The van der Waals surface area contributed by atoms with Gasteiger partial charge in [-0.1, -0.05) is 18.2 Å². The molecule has 1 amide bonds. The molecule has 0 saturated heterocycles. The summed E-state index contributed by atoms with van der Waals surface area (Å²) >= 11 is 0. The minimum absolute atomic E-state index is 0.0772. The minimum atomic E-state index is -0.559. The molecule has 1 aliphatic carbocycles. The highest BCUT2D eigenvalue weighted by Gasteiger charge is 2.22. The van der Waals surface area contributed by atoms with Crippen molar-refractivity contribution < 1.29 is 23.8 Å². The number of hydrogen-bond acceptors (Lipinski definition) is 5. The van der Waals surface area contributed by atoms with Crippen molar-refractivity contribution in [1.29, 1.82) is 0 Å². The number of nitrogens with one attached hydrogen (secondary N) is 1. The van der Waals surface area contributed by atoms with Crippen LogP contribution < -0.4 is 14.8 Å². The van der Waals surface area contributed by atoms with Crippen molar-refractivity contribution in [2.75, 3.05) is 14.2 Å². The number of ether oxygens (including phenoxy) is 3. The summed E-state index contributed by atoms with van der Waals surface area (Å²) in [5.41, 5.74) is 1.45. The average Bonchev–Trinajstić information content (AvgIpc) is 3.13. The summed E-state index contributed by atoms with van der Waals surface area (Å²) in [5, 5.41) is 2.81. The first kappa shape index (κ1) is 21.5. The average molecular weight is 387 g/mol. The van der Waals surface area contributed by atoms with E-state index >= 15 is 0 Å². The maximum Gasteiger partial charge on any atom is 0.407 e. The zero-order valence-electron chi connectivity index (χ0n) is 17.4. The second-order valence-corrected chi connectivity index (χ2v) is 7.77. The fourth-order valence-corrected chi connectivity index (χ4v) is 2.98. The summed E-state index contributed by atoms with van der Waals surface area (Å²) < 4.78 is 16.2. The third kappa shape index (κ3) is 5.62. The Morgan fingerprint density at radius 2 is 1.82 bits per heavy atom. The first-order chi connectivity index (χ1) is 13.1. The molecule has 0 heterocycles. The van der Waals surface area contributed by atoms with Crippen LogP contribution in [0.25, 0.3) is 0 Å². The molecular weight excluding hydrogens is 358 g/mol. The number of alkyl carbamates (subject to hydrolysis) is 1. The number of carbonyl (C=O) groups excluding carboxylic acids is 2. The number of rotatable bonds is 7. The fraction of sp³-hybridized carbons (Fsp3) is 0.455. The molecule has 1 aromatic rings. The van der Waals surface area contributed by atoms with Crippen molar-refractivity contribution in [3.8, 4) is 11.5 Å². The van der Waals surface area contributed by atoms with Crippen molar-refractivity contribution in [1.82, 2.24) is 5.32 Å². The van der Waals surface area contributed by atoms with Crippen LogP contribution in [0.4, 0.5) is 4.79 Å². The maximum absolute atomic E-state index is 12.8. The monoisotopic (exact) mass is 387 g/mol. The van der Waals surface area contributed by atoms with Gasteiger partial charge in [0.25, 0.3) is 0 Å². The molecular formula is C22H29NO5. The normalized spacial score (nSPS) is 14.3. The van der Waals surface area contributed by atoms with Crippen molar-refractivity contribution in [3.05, 3.63) is 47.1 Å². The summed E-state index contributed by atoms with van der Waals surface area (Å²) in [6.07, 6.45) is 6.26. The summed E-state index contributed by atoms with van der Waals surface area (Å²) in [7, 11) is 3.09. The maximum atomic E-state index is 12.8. The summed E-state index contributed by atoms with van der Waals surface area (Å²) in [6.45, 7) is 7.33. The van der Waals surface area contributed by atoms with Gasteiger partial charge in [-0.05, 0) is 58.2 Å². The molecule has 0 aromatic heterocycles. The number of Topliss-reactive ketones (excluding diaryl/α,β-unsaturated/α-hetero) is 1. The van der Waals surface area contributed by atoms with Gasteiger partial charge in [-0.2, -0.15) is 0 Å². The molecule has 0 aliphatic heterocycles. The Morgan fingerprint density at radius 1 is 1.14 bits per heavy atom. The number of carbonyl (C=O) groups is 2. The van der Waals surface area contributed by atoms with Gasteiger partial charge in [0.05, 0.1) is 19.8 Å². The lowest BCUT2D eigenvalue weighted by Gasteiger charge is -2.22.